The van der Waals surface area contributed by atoms with Gasteiger partial charge >= 0.3 is 0 Å². The van der Waals surface area contributed by atoms with Gasteiger partial charge in [0.2, 0.25) is 0 Å². The van der Waals surface area contributed by atoms with Crippen LogP contribution < -0.4 is 14.4 Å². The molecule has 0 atom stereocenters. The monoisotopic (exact) mass is 439 g/mol. The molecule has 0 saturated carbocycles. The van der Waals surface area contributed by atoms with Gasteiger partial charge in [0.05, 0.1) is 39.2 Å². The molecule has 32 heavy (non-hydrogen) atoms. The standard InChI is InChI=1S/C26H33NO5/c1-5-6-7-13-30-21-12-11-20(16-22(21)29-4)17-27-24-19(3)10-9-18(2)23(24)26(25(27)28)31-14-8-15-32-26/h9-12,16H,5-8,13-15,17H2,1-4H3. The highest BCUT2D eigenvalue weighted by Gasteiger charge is 2.56. The molecule has 1 fully saturated rings. The molecule has 0 aromatic heterocycles. The van der Waals surface area contributed by atoms with E-state index in [1.807, 2.05) is 44.2 Å². The molecule has 1 spiro atoms. The second-order valence-electron chi connectivity index (χ2n) is 8.52. The summed E-state index contributed by atoms with van der Waals surface area (Å²) in [6, 6.07) is 9.93. The number of carbonyl (C=O) groups is 1. The molecule has 6 heteroatoms. The van der Waals surface area contributed by atoms with E-state index in [4.69, 9.17) is 18.9 Å². The Morgan fingerprint density at radius 3 is 2.50 bits per heavy atom. The Balaban J connectivity index is 1.64. The van der Waals surface area contributed by atoms with Gasteiger partial charge in [-0.2, -0.15) is 0 Å². The summed E-state index contributed by atoms with van der Waals surface area (Å²) < 4.78 is 23.6. The van der Waals surface area contributed by atoms with Crippen molar-refractivity contribution < 1.29 is 23.7 Å². The van der Waals surface area contributed by atoms with E-state index in [1.54, 1.807) is 12.0 Å². The summed E-state index contributed by atoms with van der Waals surface area (Å²) in [6.07, 6.45) is 4.09. The van der Waals surface area contributed by atoms with Gasteiger partial charge in [0.1, 0.15) is 0 Å². The largest absolute Gasteiger partial charge is 0.493 e. The van der Waals surface area contributed by atoms with E-state index in [-0.39, 0.29) is 5.91 Å². The lowest BCUT2D eigenvalue weighted by Crippen LogP contribution is -2.47. The summed E-state index contributed by atoms with van der Waals surface area (Å²) in [4.78, 5) is 15.5. The predicted molar refractivity (Wildman–Crippen MR) is 123 cm³/mol. The van der Waals surface area contributed by atoms with E-state index < -0.39 is 5.79 Å². The van der Waals surface area contributed by atoms with Gasteiger partial charge in [-0.05, 0) is 55.5 Å². The van der Waals surface area contributed by atoms with Crippen LogP contribution >= 0.6 is 0 Å². The minimum absolute atomic E-state index is 0.163. The lowest BCUT2D eigenvalue weighted by atomic mass is 9.97. The Morgan fingerprint density at radius 1 is 1.03 bits per heavy atom. The van der Waals surface area contributed by atoms with Crippen LogP contribution in [-0.2, 0) is 26.6 Å². The van der Waals surface area contributed by atoms with Crippen molar-refractivity contribution in [3.8, 4) is 11.5 Å². The molecule has 2 aromatic carbocycles. The number of methoxy groups -OCH3 is 1. The number of rotatable bonds is 8. The maximum absolute atomic E-state index is 13.7. The van der Waals surface area contributed by atoms with Crippen LogP contribution in [0.5, 0.6) is 11.5 Å². The molecule has 2 aliphatic heterocycles. The average Bonchev–Trinajstić information content (AvgIpc) is 3.04. The fourth-order valence-corrected chi connectivity index (χ4v) is 4.54. The van der Waals surface area contributed by atoms with Crippen molar-refractivity contribution in [3.05, 3.63) is 52.6 Å². The molecular weight excluding hydrogens is 406 g/mol. The molecule has 6 nitrogen and oxygen atoms in total. The van der Waals surface area contributed by atoms with Crippen LogP contribution in [0.3, 0.4) is 0 Å². The molecule has 1 saturated heterocycles. The quantitative estimate of drug-likeness (QED) is 0.541. The molecule has 2 aromatic rings. The number of ether oxygens (including phenoxy) is 4. The second kappa shape index (κ2) is 9.51. The predicted octanol–water partition coefficient (Wildman–Crippen LogP) is 5.02. The normalized spacial score (nSPS) is 17.0. The van der Waals surface area contributed by atoms with E-state index in [1.165, 1.54) is 0 Å². The highest BCUT2D eigenvalue weighted by Crippen LogP contribution is 2.49. The zero-order chi connectivity index (χ0) is 22.7. The van der Waals surface area contributed by atoms with E-state index in [9.17, 15) is 4.79 Å². The topological polar surface area (TPSA) is 57.2 Å². The molecule has 0 aliphatic carbocycles. The van der Waals surface area contributed by atoms with Crippen LogP contribution in [0.1, 0.15) is 54.9 Å². The number of amides is 1. The first-order chi connectivity index (χ1) is 15.5. The van der Waals surface area contributed by atoms with Gasteiger partial charge in [0.15, 0.2) is 11.5 Å². The van der Waals surface area contributed by atoms with Crippen molar-refractivity contribution in [1.29, 1.82) is 0 Å². The Bertz CT molecular complexity index is 980. The Labute approximate surface area is 190 Å². The van der Waals surface area contributed by atoms with Crippen molar-refractivity contribution in [2.75, 3.05) is 31.8 Å². The molecule has 0 bridgehead atoms. The summed E-state index contributed by atoms with van der Waals surface area (Å²) in [5.74, 6) is -0.103. The third-order valence-corrected chi connectivity index (χ3v) is 6.19. The van der Waals surface area contributed by atoms with Crippen LogP contribution in [0.2, 0.25) is 0 Å². The molecule has 172 valence electrons. The number of hydrogen-bond acceptors (Lipinski definition) is 5. The van der Waals surface area contributed by atoms with Crippen molar-refractivity contribution >= 4 is 11.6 Å². The van der Waals surface area contributed by atoms with Crippen molar-refractivity contribution in [2.45, 2.75) is 58.8 Å². The first kappa shape index (κ1) is 22.6. The Hall–Kier alpha value is -2.57. The molecule has 4 rings (SSSR count). The van der Waals surface area contributed by atoms with Crippen molar-refractivity contribution in [1.82, 2.24) is 0 Å². The number of hydrogen-bond donors (Lipinski definition) is 0. The summed E-state index contributed by atoms with van der Waals surface area (Å²) >= 11 is 0. The maximum atomic E-state index is 13.7. The van der Waals surface area contributed by atoms with Gasteiger partial charge in [0.25, 0.3) is 11.7 Å². The Kier molecular flexibility index (Phi) is 6.72. The zero-order valence-electron chi connectivity index (χ0n) is 19.5. The summed E-state index contributed by atoms with van der Waals surface area (Å²) in [5, 5.41) is 0. The number of carbonyl (C=O) groups excluding carboxylic acids is 1. The van der Waals surface area contributed by atoms with Crippen molar-refractivity contribution in [3.63, 3.8) is 0 Å². The molecule has 0 radical (unpaired) electrons. The van der Waals surface area contributed by atoms with Gasteiger partial charge in [-0.3, -0.25) is 4.79 Å². The fraction of sp³-hybridized carbons (Fsp3) is 0.500. The minimum atomic E-state index is -1.34. The van der Waals surface area contributed by atoms with Gasteiger partial charge < -0.3 is 23.8 Å². The highest BCUT2D eigenvalue weighted by molar-refractivity contribution is 6.07. The summed E-state index contributed by atoms with van der Waals surface area (Å²) in [5.41, 5.74) is 4.70. The number of fused-ring (bicyclic) bond motifs is 2. The highest BCUT2D eigenvalue weighted by atomic mass is 16.7. The SMILES string of the molecule is CCCCCOc1ccc(CN2C(=O)C3(OCCCO3)c3c(C)ccc(C)c32)cc1OC. The summed E-state index contributed by atoms with van der Waals surface area (Å²) in [6.45, 7) is 8.27. The number of aryl methyl sites for hydroxylation is 2. The zero-order valence-corrected chi connectivity index (χ0v) is 19.5. The number of unbranched alkanes of at least 4 members (excludes halogenated alkanes) is 2. The van der Waals surface area contributed by atoms with Crippen molar-refractivity contribution in [2.24, 2.45) is 0 Å². The lowest BCUT2D eigenvalue weighted by molar-refractivity contribution is -0.257. The van der Waals surface area contributed by atoms with Gasteiger partial charge in [-0.1, -0.05) is 38.0 Å². The van der Waals surface area contributed by atoms with Gasteiger partial charge in [-0.15, -0.1) is 0 Å². The van der Waals surface area contributed by atoms with Crippen LogP contribution in [0.15, 0.2) is 30.3 Å². The number of nitrogens with zero attached hydrogens (tertiary/aromatic N) is 1. The minimum Gasteiger partial charge on any atom is -0.493 e. The van der Waals surface area contributed by atoms with E-state index in [0.29, 0.717) is 32.1 Å². The molecule has 0 N–H and O–H groups in total. The first-order valence-electron chi connectivity index (χ1n) is 11.5. The second-order valence-corrected chi connectivity index (χ2v) is 8.52. The number of anilines is 1. The van der Waals surface area contributed by atoms with E-state index in [0.717, 1.165) is 59.4 Å². The van der Waals surface area contributed by atoms with Crippen LogP contribution in [0, 0.1) is 13.8 Å². The molecular formula is C26H33NO5. The maximum Gasteiger partial charge on any atom is 0.292 e. The smallest absolute Gasteiger partial charge is 0.292 e. The molecule has 2 heterocycles. The number of benzene rings is 2. The first-order valence-corrected chi connectivity index (χ1v) is 11.5. The third kappa shape index (κ3) is 3.97. The van der Waals surface area contributed by atoms with E-state index in [2.05, 4.69) is 6.92 Å². The van der Waals surface area contributed by atoms with Gasteiger partial charge in [0, 0.05) is 5.56 Å². The molecule has 2 aliphatic rings. The summed E-state index contributed by atoms with van der Waals surface area (Å²) in [7, 11) is 1.64. The van der Waals surface area contributed by atoms with Crippen LogP contribution in [0.4, 0.5) is 5.69 Å². The van der Waals surface area contributed by atoms with E-state index >= 15 is 0 Å². The third-order valence-electron chi connectivity index (χ3n) is 6.19. The lowest BCUT2D eigenvalue weighted by Gasteiger charge is -2.33. The molecule has 0 unspecified atom stereocenters. The fourth-order valence-electron chi connectivity index (χ4n) is 4.54. The van der Waals surface area contributed by atoms with Crippen LogP contribution in [0.25, 0.3) is 0 Å². The Morgan fingerprint density at radius 2 is 1.78 bits per heavy atom. The van der Waals surface area contributed by atoms with Gasteiger partial charge in [-0.25, -0.2) is 0 Å². The molecule has 1 amide bonds. The van der Waals surface area contributed by atoms with Crippen LogP contribution in [-0.4, -0.2) is 32.8 Å². The average molecular weight is 440 g/mol.